The molecule has 3 aromatic carbocycles. The average molecular weight is 513 g/mol. The Kier molecular flexibility index (Phi) is 7.07. The quantitative estimate of drug-likeness (QED) is 0.373. The van der Waals surface area contributed by atoms with E-state index in [4.69, 9.17) is 16.7 Å². The number of fused-ring (bicyclic) bond motifs is 1. The van der Waals surface area contributed by atoms with Crippen molar-refractivity contribution in [3.05, 3.63) is 100 Å². The number of hydrazone groups is 1. The van der Waals surface area contributed by atoms with Crippen LogP contribution in [0.5, 0.6) is 0 Å². The second-order valence-electron chi connectivity index (χ2n) is 10.2. The molecule has 37 heavy (non-hydrogen) atoms. The zero-order valence-corrected chi connectivity index (χ0v) is 22.6. The molecule has 2 atom stereocenters. The minimum Gasteiger partial charge on any atom is -0.378 e. The smallest absolute Gasteiger partial charge is 0.274 e. The number of hydrogen-bond acceptors (Lipinski definition) is 4. The highest BCUT2D eigenvalue weighted by molar-refractivity contribution is 6.31. The molecular formula is C31H33ClN4O. The molecule has 1 aliphatic heterocycles. The van der Waals surface area contributed by atoms with Gasteiger partial charge in [0, 0.05) is 56.1 Å². The molecule has 3 aromatic rings. The highest BCUT2D eigenvalue weighted by atomic mass is 35.5. The zero-order valence-electron chi connectivity index (χ0n) is 21.9. The molecule has 2 aliphatic rings. The third-order valence-corrected chi connectivity index (χ3v) is 7.52. The number of rotatable bonds is 5. The monoisotopic (exact) mass is 512 g/mol. The molecule has 1 fully saturated rings. The van der Waals surface area contributed by atoms with Crippen molar-refractivity contribution in [3.63, 3.8) is 0 Å². The van der Waals surface area contributed by atoms with Gasteiger partial charge in [-0.2, -0.15) is 5.10 Å². The Hall–Kier alpha value is -3.57. The van der Waals surface area contributed by atoms with E-state index in [0.717, 1.165) is 41.8 Å². The molecule has 1 amide bonds. The lowest BCUT2D eigenvalue weighted by Gasteiger charge is -2.30. The minimum absolute atomic E-state index is 0.124. The Morgan fingerprint density at radius 3 is 2.22 bits per heavy atom. The minimum atomic E-state index is -0.155. The van der Waals surface area contributed by atoms with E-state index >= 15 is 0 Å². The van der Waals surface area contributed by atoms with Crippen molar-refractivity contribution in [1.29, 1.82) is 0 Å². The van der Waals surface area contributed by atoms with Gasteiger partial charge in [0.15, 0.2) is 0 Å². The van der Waals surface area contributed by atoms with Gasteiger partial charge < -0.3 is 9.80 Å². The Morgan fingerprint density at radius 1 is 0.946 bits per heavy atom. The number of nitrogens with zero attached hydrogens (tertiary/aromatic N) is 4. The average Bonchev–Trinajstić information content (AvgIpc) is 3.29. The van der Waals surface area contributed by atoms with Crippen molar-refractivity contribution in [2.24, 2.45) is 11.0 Å². The number of halogens is 1. The summed E-state index contributed by atoms with van der Waals surface area (Å²) in [5.74, 6) is 0.0233. The molecule has 6 heteroatoms. The number of benzene rings is 3. The number of anilines is 2. The SMILES string of the molecule is CN(C)c1ccc(/C=C2/CCC[C@@H]3C2=NN(C(=O)c2cccc(Cl)c2)[C@H]3c2ccc(N(C)C)cc2)cc1. The molecule has 1 aliphatic carbocycles. The summed E-state index contributed by atoms with van der Waals surface area (Å²) in [6.45, 7) is 0. The summed E-state index contributed by atoms with van der Waals surface area (Å²) in [5, 5.41) is 7.27. The zero-order chi connectivity index (χ0) is 26.1. The van der Waals surface area contributed by atoms with Gasteiger partial charge in [0.1, 0.15) is 0 Å². The molecule has 0 radical (unpaired) electrons. The predicted octanol–water partition coefficient (Wildman–Crippen LogP) is 6.91. The van der Waals surface area contributed by atoms with Crippen LogP contribution in [0.25, 0.3) is 6.08 Å². The van der Waals surface area contributed by atoms with Crippen LogP contribution in [0.3, 0.4) is 0 Å². The maximum Gasteiger partial charge on any atom is 0.274 e. The second kappa shape index (κ2) is 10.4. The Balaban J connectivity index is 1.55. The van der Waals surface area contributed by atoms with E-state index in [1.54, 1.807) is 17.1 Å². The number of hydrogen-bond donors (Lipinski definition) is 0. The molecule has 0 bridgehead atoms. The summed E-state index contributed by atoms with van der Waals surface area (Å²) < 4.78 is 0. The van der Waals surface area contributed by atoms with Gasteiger partial charge in [-0.15, -0.1) is 0 Å². The molecule has 0 aromatic heterocycles. The first kappa shape index (κ1) is 25.1. The second-order valence-corrected chi connectivity index (χ2v) is 10.7. The lowest BCUT2D eigenvalue weighted by Crippen LogP contribution is -2.32. The van der Waals surface area contributed by atoms with Crippen molar-refractivity contribution in [3.8, 4) is 0 Å². The van der Waals surface area contributed by atoms with Crippen LogP contribution in [0, 0.1) is 5.92 Å². The molecule has 0 spiro atoms. The molecule has 1 saturated carbocycles. The van der Waals surface area contributed by atoms with Crippen LogP contribution >= 0.6 is 11.6 Å². The number of allylic oxidation sites excluding steroid dienone is 1. The van der Waals surface area contributed by atoms with Crippen LogP contribution in [0.15, 0.2) is 83.5 Å². The van der Waals surface area contributed by atoms with E-state index < -0.39 is 0 Å². The summed E-state index contributed by atoms with van der Waals surface area (Å²) in [4.78, 5) is 18.0. The summed E-state index contributed by atoms with van der Waals surface area (Å²) in [5.41, 5.74) is 7.33. The van der Waals surface area contributed by atoms with Crippen LogP contribution in [0.2, 0.25) is 5.02 Å². The van der Waals surface area contributed by atoms with E-state index in [1.807, 2.05) is 40.3 Å². The fourth-order valence-electron chi connectivity index (χ4n) is 5.29. The molecule has 5 rings (SSSR count). The van der Waals surface area contributed by atoms with Gasteiger partial charge in [0.05, 0.1) is 11.8 Å². The number of carbonyl (C=O) groups excluding carboxylic acids is 1. The summed E-state index contributed by atoms with van der Waals surface area (Å²) in [6.07, 6.45) is 5.26. The predicted molar refractivity (Wildman–Crippen MR) is 155 cm³/mol. The first-order chi connectivity index (χ1) is 17.8. The summed E-state index contributed by atoms with van der Waals surface area (Å²) in [6, 6.07) is 24.0. The molecule has 0 saturated heterocycles. The van der Waals surface area contributed by atoms with Crippen molar-refractivity contribution in [2.45, 2.75) is 25.3 Å². The van der Waals surface area contributed by atoms with Crippen molar-refractivity contribution in [1.82, 2.24) is 5.01 Å². The summed E-state index contributed by atoms with van der Waals surface area (Å²) in [7, 11) is 8.15. The highest BCUT2D eigenvalue weighted by Gasteiger charge is 2.44. The third-order valence-electron chi connectivity index (χ3n) is 7.28. The van der Waals surface area contributed by atoms with Crippen molar-refractivity contribution >= 4 is 40.7 Å². The van der Waals surface area contributed by atoms with Crippen LogP contribution in [-0.2, 0) is 0 Å². The standard InChI is InChI=1S/C31H33ClN4O/c1-34(2)26-15-11-21(12-16-26)19-23-7-6-10-28-29(23)33-36(31(37)24-8-5-9-25(32)20-24)30(28)22-13-17-27(18-14-22)35(3)4/h5,8-9,11-20,28,30H,6-7,10H2,1-4H3/b23-19-/t28-,30+/m1/s1. The molecular weight excluding hydrogens is 480 g/mol. The lowest BCUT2D eigenvalue weighted by atomic mass is 9.77. The van der Waals surface area contributed by atoms with E-state index in [1.165, 1.54) is 11.3 Å². The maximum atomic E-state index is 13.8. The maximum absolute atomic E-state index is 13.8. The Labute approximate surface area is 224 Å². The Bertz CT molecular complexity index is 1340. The fraction of sp³-hybridized carbons (Fsp3) is 0.290. The largest absolute Gasteiger partial charge is 0.378 e. The summed E-state index contributed by atoms with van der Waals surface area (Å²) >= 11 is 6.24. The molecule has 5 nitrogen and oxygen atoms in total. The first-order valence-electron chi connectivity index (χ1n) is 12.7. The van der Waals surface area contributed by atoms with Gasteiger partial charge in [-0.1, -0.05) is 41.9 Å². The van der Waals surface area contributed by atoms with E-state index in [-0.39, 0.29) is 17.9 Å². The number of amides is 1. The van der Waals surface area contributed by atoms with Gasteiger partial charge in [-0.3, -0.25) is 4.79 Å². The third kappa shape index (κ3) is 5.14. The lowest BCUT2D eigenvalue weighted by molar-refractivity contribution is 0.0681. The molecule has 190 valence electrons. The van der Waals surface area contributed by atoms with Crippen molar-refractivity contribution < 1.29 is 4.79 Å². The van der Waals surface area contributed by atoms with Crippen LogP contribution in [0.4, 0.5) is 11.4 Å². The van der Waals surface area contributed by atoms with E-state index in [2.05, 4.69) is 64.4 Å². The van der Waals surface area contributed by atoms with E-state index in [0.29, 0.717) is 10.6 Å². The number of carbonyl (C=O) groups is 1. The van der Waals surface area contributed by atoms with Gasteiger partial charge >= 0.3 is 0 Å². The van der Waals surface area contributed by atoms with Crippen LogP contribution in [-0.4, -0.2) is 44.8 Å². The van der Waals surface area contributed by atoms with Crippen LogP contribution in [0.1, 0.15) is 46.8 Å². The first-order valence-corrected chi connectivity index (χ1v) is 13.1. The van der Waals surface area contributed by atoms with Gasteiger partial charge in [-0.05, 0) is 84.5 Å². The molecule has 0 N–H and O–H groups in total. The van der Waals surface area contributed by atoms with Gasteiger partial charge in [0.2, 0.25) is 0 Å². The molecule has 1 heterocycles. The topological polar surface area (TPSA) is 39.1 Å². The highest BCUT2D eigenvalue weighted by Crippen LogP contribution is 2.45. The van der Waals surface area contributed by atoms with Crippen molar-refractivity contribution in [2.75, 3.05) is 38.0 Å². The fourth-order valence-corrected chi connectivity index (χ4v) is 5.48. The van der Waals surface area contributed by atoms with E-state index in [9.17, 15) is 4.79 Å². The van der Waals surface area contributed by atoms with Gasteiger partial charge in [-0.25, -0.2) is 5.01 Å². The Morgan fingerprint density at radius 2 is 1.59 bits per heavy atom. The normalized spacial score (nSPS) is 20.0. The molecule has 0 unspecified atom stereocenters. The van der Waals surface area contributed by atoms with Gasteiger partial charge in [0.25, 0.3) is 5.91 Å². The van der Waals surface area contributed by atoms with Crippen LogP contribution < -0.4 is 9.80 Å².